The van der Waals surface area contributed by atoms with E-state index in [0.29, 0.717) is 6.04 Å². The van der Waals surface area contributed by atoms with Gasteiger partial charge in [0.15, 0.2) is 0 Å². The van der Waals surface area contributed by atoms with Gasteiger partial charge in [-0.15, -0.1) is 0 Å². The smallest absolute Gasteiger partial charge is 0.314 e. The maximum absolute atomic E-state index is 11.9. The predicted molar refractivity (Wildman–Crippen MR) is 50.2 cm³/mol. The van der Waals surface area contributed by atoms with Crippen LogP contribution in [0.4, 0.5) is 13.2 Å². The quantitative estimate of drug-likeness (QED) is 0.703. The third-order valence-electron chi connectivity index (χ3n) is 2.70. The topological polar surface area (TPSA) is 12.0 Å². The molecule has 4 heteroatoms. The SMILES string of the molecule is FC(F)(F)CCNC1CCCCCC1. The van der Waals surface area contributed by atoms with Crippen LogP contribution in [0, 0.1) is 0 Å². The highest BCUT2D eigenvalue weighted by atomic mass is 19.4. The van der Waals surface area contributed by atoms with E-state index in [0.717, 1.165) is 25.7 Å². The second-order valence-corrected chi connectivity index (χ2v) is 4.01. The summed E-state index contributed by atoms with van der Waals surface area (Å²) >= 11 is 0. The highest BCUT2D eigenvalue weighted by Crippen LogP contribution is 2.20. The standard InChI is InChI=1S/C10H18F3N/c11-10(12,13)7-8-14-9-5-3-1-2-4-6-9/h9,14H,1-8H2. The van der Waals surface area contributed by atoms with Crippen molar-refractivity contribution in [2.75, 3.05) is 6.54 Å². The normalized spacial score (nSPS) is 20.8. The Morgan fingerprint density at radius 1 is 1.00 bits per heavy atom. The molecule has 0 bridgehead atoms. The van der Waals surface area contributed by atoms with Crippen LogP contribution in [0.1, 0.15) is 44.9 Å². The number of nitrogens with one attached hydrogen (secondary N) is 1. The zero-order valence-electron chi connectivity index (χ0n) is 8.37. The molecule has 1 aliphatic carbocycles. The van der Waals surface area contributed by atoms with Gasteiger partial charge < -0.3 is 5.32 Å². The van der Waals surface area contributed by atoms with E-state index in [1.807, 2.05) is 0 Å². The Bertz CT molecular complexity index is 148. The molecular formula is C10H18F3N. The first kappa shape index (κ1) is 11.8. The summed E-state index contributed by atoms with van der Waals surface area (Å²) in [5, 5.41) is 3.00. The number of alkyl halides is 3. The van der Waals surface area contributed by atoms with Crippen LogP contribution >= 0.6 is 0 Å². The van der Waals surface area contributed by atoms with Crippen LogP contribution in [0.3, 0.4) is 0 Å². The lowest BCUT2D eigenvalue weighted by Crippen LogP contribution is -2.31. The van der Waals surface area contributed by atoms with Crippen LogP contribution in [0.25, 0.3) is 0 Å². The summed E-state index contributed by atoms with van der Waals surface area (Å²) in [5.74, 6) is 0. The van der Waals surface area contributed by atoms with Gasteiger partial charge in [-0.25, -0.2) is 0 Å². The summed E-state index contributed by atoms with van der Waals surface area (Å²) in [6.45, 7) is 0.0775. The van der Waals surface area contributed by atoms with E-state index in [4.69, 9.17) is 0 Å². The van der Waals surface area contributed by atoms with E-state index < -0.39 is 12.6 Å². The Labute approximate surface area is 83.1 Å². The summed E-state index contributed by atoms with van der Waals surface area (Å²) < 4.78 is 35.6. The highest BCUT2D eigenvalue weighted by molar-refractivity contribution is 4.71. The Balaban J connectivity index is 2.10. The number of halogens is 3. The van der Waals surface area contributed by atoms with E-state index in [1.165, 1.54) is 12.8 Å². The molecule has 0 aromatic heterocycles. The molecule has 1 aliphatic rings. The van der Waals surface area contributed by atoms with Crippen LogP contribution in [-0.2, 0) is 0 Å². The van der Waals surface area contributed by atoms with Crippen LogP contribution in [0.2, 0.25) is 0 Å². The molecule has 1 nitrogen and oxygen atoms in total. The van der Waals surface area contributed by atoms with Crippen molar-refractivity contribution >= 4 is 0 Å². The summed E-state index contributed by atoms with van der Waals surface area (Å²) in [6.07, 6.45) is 2.14. The fourth-order valence-electron chi connectivity index (χ4n) is 1.90. The van der Waals surface area contributed by atoms with Crippen molar-refractivity contribution in [3.8, 4) is 0 Å². The van der Waals surface area contributed by atoms with Crippen LogP contribution in [0.15, 0.2) is 0 Å². The van der Waals surface area contributed by atoms with Gasteiger partial charge in [0.05, 0.1) is 6.42 Å². The van der Waals surface area contributed by atoms with Gasteiger partial charge in [0.25, 0.3) is 0 Å². The summed E-state index contributed by atoms with van der Waals surface area (Å²) in [7, 11) is 0. The highest BCUT2D eigenvalue weighted by Gasteiger charge is 2.26. The van der Waals surface area contributed by atoms with Crippen LogP contribution in [0.5, 0.6) is 0 Å². The summed E-state index contributed by atoms with van der Waals surface area (Å²) in [4.78, 5) is 0. The average molecular weight is 209 g/mol. The van der Waals surface area contributed by atoms with Crippen molar-refractivity contribution < 1.29 is 13.2 Å². The largest absolute Gasteiger partial charge is 0.390 e. The molecule has 84 valence electrons. The second kappa shape index (κ2) is 5.59. The molecule has 1 saturated carbocycles. The van der Waals surface area contributed by atoms with Crippen molar-refractivity contribution in [3.05, 3.63) is 0 Å². The van der Waals surface area contributed by atoms with Gasteiger partial charge in [-0.1, -0.05) is 25.7 Å². The van der Waals surface area contributed by atoms with Gasteiger partial charge in [-0.05, 0) is 12.8 Å². The van der Waals surface area contributed by atoms with Gasteiger partial charge in [0, 0.05) is 12.6 Å². The van der Waals surface area contributed by atoms with Gasteiger partial charge in [-0.2, -0.15) is 13.2 Å². The minimum Gasteiger partial charge on any atom is -0.314 e. The number of rotatable bonds is 3. The van der Waals surface area contributed by atoms with Gasteiger partial charge in [-0.3, -0.25) is 0 Å². The molecule has 0 aromatic carbocycles. The molecule has 0 amide bonds. The first-order chi connectivity index (χ1) is 6.58. The molecule has 0 saturated heterocycles. The fourth-order valence-corrected chi connectivity index (χ4v) is 1.90. The predicted octanol–water partition coefficient (Wildman–Crippen LogP) is 3.25. The Hall–Kier alpha value is -0.250. The van der Waals surface area contributed by atoms with Gasteiger partial charge in [0.1, 0.15) is 0 Å². The Morgan fingerprint density at radius 3 is 2.07 bits per heavy atom. The molecular weight excluding hydrogens is 191 g/mol. The monoisotopic (exact) mass is 209 g/mol. The summed E-state index contributed by atoms with van der Waals surface area (Å²) in [6, 6.07) is 0.319. The molecule has 1 fully saturated rings. The molecule has 0 aliphatic heterocycles. The first-order valence-corrected chi connectivity index (χ1v) is 5.38. The second-order valence-electron chi connectivity index (χ2n) is 4.01. The zero-order chi connectivity index (χ0) is 10.4. The lowest BCUT2D eigenvalue weighted by Gasteiger charge is -2.16. The zero-order valence-corrected chi connectivity index (χ0v) is 8.37. The minimum atomic E-state index is -4.02. The average Bonchev–Trinajstić information content (AvgIpc) is 2.30. The molecule has 0 unspecified atom stereocenters. The lowest BCUT2D eigenvalue weighted by atomic mass is 10.1. The van der Waals surface area contributed by atoms with Crippen molar-refractivity contribution in [2.24, 2.45) is 0 Å². The molecule has 0 spiro atoms. The first-order valence-electron chi connectivity index (χ1n) is 5.38. The molecule has 0 heterocycles. The van der Waals surface area contributed by atoms with E-state index in [-0.39, 0.29) is 6.54 Å². The number of hydrogen-bond donors (Lipinski definition) is 1. The Morgan fingerprint density at radius 2 is 1.57 bits per heavy atom. The Kier molecular flexibility index (Phi) is 4.72. The molecule has 0 radical (unpaired) electrons. The van der Waals surface area contributed by atoms with Crippen molar-refractivity contribution in [2.45, 2.75) is 57.2 Å². The van der Waals surface area contributed by atoms with Gasteiger partial charge in [0.2, 0.25) is 0 Å². The molecule has 0 atom stereocenters. The van der Waals surface area contributed by atoms with Crippen molar-refractivity contribution in [1.82, 2.24) is 5.32 Å². The minimum absolute atomic E-state index is 0.0775. The van der Waals surface area contributed by atoms with Crippen LogP contribution < -0.4 is 5.32 Å². The van der Waals surface area contributed by atoms with Crippen molar-refractivity contribution in [3.63, 3.8) is 0 Å². The third kappa shape index (κ3) is 5.47. The molecule has 14 heavy (non-hydrogen) atoms. The maximum atomic E-state index is 11.9. The number of hydrogen-bond acceptors (Lipinski definition) is 1. The van der Waals surface area contributed by atoms with E-state index >= 15 is 0 Å². The fraction of sp³-hybridized carbons (Fsp3) is 1.00. The van der Waals surface area contributed by atoms with E-state index in [2.05, 4.69) is 5.32 Å². The lowest BCUT2D eigenvalue weighted by molar-refractivity contribution is -0.133. The van der Waals surface area contributed by atoms with Crippen LogP contribution in [-0.4, -0.2) is 18.8 Å². The van der Waals surface area contributed by atoms with Gasteiger partial charge >= 0.3 is 6.18 Å². The summed E-state index contributed by atoms with van der Waals surface area (Å²) in [5.41, 5.74) is 0. The third-order valence-corrected chi connectivity index (χ3v) is 2.70. The maximum Gasteiger partial charge on any atom is 0.390 e. The van der Waals surface area contributed by atoms with E-state index in [9.17, 15) is 13.2 Å². The molecule has 1 N–H and O–H groups in total. The van der Waals surface area contributed by atoms with E-state index in [1.54, 1.807) is 0 Å². The molecule has 1 rings (SSSR count). The molecule has 0 aromatic rings. The van der Waals surface area contributed by atoms with Crippen molar-refractivity contribution in [1.29, 1.82) is 0 Å².